The van der Waals surface area contributed by atoms with Crippen LogP contribution in [0.5, 0.6) is 0 Å². The van der Waals surface area contributed by atoms with E-state index < -0.39 is 0 Å². The first-order chi connectivity index (χ1) is 10.4. The first kappa shape index (κ1) is 16.2. The van der Waals surface area contributed by atoms with Crippen molar-refractivity contribution in [1.29, 1.82) is 0 Å². The number of nitrogens with zero attached hydrogens (tertiary/aromatic N) is 2. The molecule has 0 spiro atoms. The minimum absolute atomic E-state index is 0.0476. The zero-order valence-corrected chi connectivity index (χ0v) is 13.3. The molecule has 1 unspecified atom stereocenters. The second kappa shape index (κ2) is 6.75. The predicted octanol–water partition coefficient (Wildman–Crippen LogP) is 2.40. The van der Waals surface area contributed by atoms with Gasteiger partial charge in [-0.15, -0.1) is 0 Å². The lowest BCUT2D eigenvalue weighted by atomic mass is 9.88. The van der Waals surface area contributed by atoms with Gasteiger partial charge in [0.05, 0.1) is 19.0 Å². The maximum atomic E-state index is 12.3. The van der Waals surface area contributed by atoms with Crippen molar-refractivity contribution in [2.24, 2.45) is 5.41 Å². The fraction of sp³-hybridized carbons (Fsp3) is 0.412. The van der Waals surface area contributed by atoms with Gasteiger partial charge in [-0.25, -0.2) is 4.98 Å². The van der Waals surface area contributed by atoms with E-state index in [1.165, 1.54) is 0 Å². The summed E-state index contributed by atoms with van der Waals surface area (Å²) in [7, 11) is 0. The summed E-state index contributed by atoms with van der Waals surface area (Å²) >= 11 is 0. The van der Waals surface area contributed by atoms with E-state index in [2.05, 4.69) is 31.1 Å². The topological polar surface area (TPSA) is 67.2 Å². The summed E-state index contributed by atoms with van der Waals surface area (Å²) in [4.78, 5) is 16.3. The molecule has 1 aromatic carbocycles. The third-order valence-electron chi connectivity index (χ3n) is 3.35. The Morgan fingerprint density at radius 2 is 2.00 bits per heavy atom. The van der Waals surface area contributed by atoms with Crippen molar-refractivity contribution in [1.82, 2.24) is 14.9 Å². The molecule has 1 amide bonds. The van der Waals surface area contributed by atoms with Gasteiger partial charge in [0.25, 0.3) is 5.91 Å². The van der Waals surface area contributed by atoms with Crippen LogP contribution >= 0.6 is 0 Å². The van der Waals surface area contributed by atoms with E-state index in [0.717, 1.165) is 12.1 Å². The van der Waals surface area contributed by atoms with Gasteiger partial charge in [-0.3, -0.25) is 4.79 Å². The lowest BCUT2D eigenvalue weighted by Crippen LogP contribution is -2.40. The molecule has 22 heavy (non-hydrogen) atoms. The van der Waals surface area contributed by atoms with Gasteiger partial charge in [-0.2, -0.15) is 0 Å². The second-order valence-corrected chi connectivity index (χ2v) is 6.63. The van der Waals surface area contributed by atoms with Crippen molar-refractivity contribution in [3.63, 3.8) is 0 Å². The number of hydrogen-bond acceptors (Lipinski definition) is 3. The van der Waals surface area contributed by atoms with Crippen molar-refractivity contribution in [3.05, 3.63) is 48.5 Å². The Morgan fingerprint density at radius 1 is 1.32 bits per heavy atom. The van der Waals surface area contributed by atoms with E-state index in [1.54, 1.807) is 24.7 Å². The van der Waals surface area contributed by atoms with Crippen LogP contribution in [0, 0.1) is 5.41 Å². The fourth-order valence-corrected chi connectivity index (χ4v) is 2.37. The van der Waals surface area contributed by atoms with E-state index >= 15 is 0 Å². The summed E-state index contributed by atoms with van der Waals surface area (Å²) < 4.78 is 1.87. The number of aromatic nitrogens is 2. The van der Waals surface area contributed by atoms with Gasteiger partial charge in [-0.1, -0.05) is 20.8 Å². The normalized spacial score (nSPS) is 12.9. The average molecular weight is 301 g/mol. The monoisotopic (exact) mass is 301 g/mol. The molecule has 0 aliphatic heterocycles. The van der Waals surface area contributed by atoms with Crippen LogP contribution < -0.4 is 5.32 Å². The number of hydrogen-bond donors (Lipinski definition) is 2. The van der Waals surface area contributed by atoms with Crippen molar-refractivity contribution >= 4 is 5.91 Å². The number of aliphatic hydroxyl groups is 1. The summed E-state index contributed by atoms with van der Waals surface area (Å²) in [6, 6.07) is 7.05. The smallest absolute Gasteiger partial charge is 0.251 e. The van der Waals surface area contributed by atoms with Gasteiger partial charge in [-0.05, 0) is 36.1 Å². The van der Waals surface area contributed by atoms with Crippen molar-refractivity contribution in [2.45, 2.75) is 33.2 Å². The molecule has 0 bridgehead atoms. The van der Waals surface area contributed by atoms with Crippen LogP contribution in [0.25, 0.3) is 5.69 Å². The summed E-state index contributed by atoms with van der Waals surface area (Å²) in [6.45, 7) is 6.20. The largest absolute Gasteiger partial charge is 0.394 e. The molecule has 0 radical (unpaired) electrons. The Kier molecular flexibility index (Phi) is 4.98. The highest BCUT2D eigenvalue weighted by atomic mass is 16.3. The van der Waals surface area contributed by atoms with Gasteiger partial charge in [0.15, 0.2) is 0 Å². The highest BCUT2D eigenvalue weighted by molar-refractivity contribution is 5.94. The minimum Gasteiger partial charge on any atom is -0.394 e. The number of rotatable bonds is 5. The molecular weight excluding hydrogens is 278 g/mol. The lowest BCUT2D eigenvalue weighted by molar-refractivity contribution is 0.0897. The Bertz CT molecular complexity index is 598. The van der Waals surface area contributed by atoms with Crippen LogP contribution in [0.15, 0.2) is 43.0 Å². The molecular formula is C17H23N3O2. The van der Waals surface area contributed by atoms with Crippen molar-refractivity contribution in [3.8, 4) is 5.69 Å². The number of aliphatic hydroxyl groups excluding tert-OH is 1. The van der Waals surface area contributed by atoms with E-state index in [1.807, 2.05) is 22.9 Å². The molecule has 0 saturated heterocycles. The highest BCUT2D eigenvalue weighted by Gasteiger charge is 2.20. The third kappa shape index (κ3) is 4.43. The standard InChI is InChI=1S/C17H23N3O2/c1-17(2,3)10-14(11-21)19-16(22)13-4-6-15(7-5-13)20-9-8-18-12-20/h4-9,12,14,21H,10-11H2,1-3H3,(H,19,22). The number of carbonyl (C=O) groups excluding carboxylic acids is 1. The Labute approximate surface area is 131 Å². The lowest BCUT2D eigenvalue weighted by Gasteiger charge is -2.25. The number of nitrogens with one attached hydrogen (secondary N) is 1. The zero-order chi connectivity index (χ0) is 16.2. The first-order valence-corrected chi connectivity index (χ1v) is 7.39. The van der Waals surface area contributed by atoms with Gasteiger partial charge >= 0.3 is 0 Å². The molecule has 5 nitrogen and oxygen atoms in total. The number of benzene rings is 1. The van der Waals surface area contributed by atoms with Crippen LogP contribution in [0.1, 0.15) is 37.6 Å². The summed E-state index contributed by atoms with van der Waals surface area (Å²) in [5.74, 6) is -0.166. The zero-order valence-electron chi connectivity index (χ0n) is 13.3. The summed E-state index contributed by atoms with van der Waals surface area (Å²) in [6.07, 6.45) is 5.99. The second-order valence-electron chi connectivity index (χ2n) is 6.63. The van der Waals surface area contributed by atoms with Crippen molar-refractivity contribution in [2.75, 3.05) is 6.61 Å². The SMILES string of the molecule is CC(C)(C)CC(CO)NC(=O)c1ccc(-n2ccnc2)cc1. The van der Waals surface area contributed by atoms with E-state index in [-0.39, 0.29) is 24.0 Å². The molecule has 5 heteroatoms. The van der Waals surface area contributed by atoms with Gasteiger partial charge < -0.3 is 15.0 Å². The third-order valence-corrected chi connectivity index (χ3v) is 3.35. The molecule has 0 aliphatic carbocycles. The fourth-order valence-electron chi connectivity index (χ4n) is 2.37. The van der Waals surface area contributed by atoms with Gasteiger partial charge in [0.1, 0.15) is 0 Å². The Balaban J connectivity index is 2.03. The quantitative estimate of drug-likeness (QED) is 0.891. The van der Waals surface area contributed by atoms with Gasteiger partial charge in [0, 0.05) is 23.6 Å². The molecule has 118 valence electrons. The molecule has 1 aromatic heterocycles. The molecule has 1 heterocycles. The molecule has 0 fully saturated rings. The average Bonchev–Trinajstić information content (AvgIpc) is 2.99. The van der Waals surface area contributed by atoms with Crippen LogP contribution in [0.3, 0.4) is 0 Å². The maximum Gasteiger partial charge on any atom is 0.251 e. The predicted molar refractivity (Wildman–Crippen MR) is 86.0 cm³/mol. The van der Waals surface area contributed by atoms with Crippen LogP contribution in [0.2, 0.25) is 0 Å². The number of carbonyl (C=O) groups is 1. The molecule has 0 aliphatic rings. The number of imidazole rings is 1. The first-order valence-electron chi connectivity index (χ1n) is 7.39. The van der Waals surface area contributed by atoms with Crippen LogP contribution in [-0.2, 0) is 0 Å². The molecule has 2 aromatic rings. The van der Waals surface area contributed by atoms with Crippen molar-refractivity contribution < 1.29 is 9.90 Å². The van der Waals surface area contributed by atoms with Crippen LogP contribution in [-0.4, -0.2) is 33.2 Å². The van der Waals surface area contributed by atoms with E-state index in [4.69, 9.17) is 0 Å². The maximum absolute atomic E-state index is 12.3. The highest BCUT2D eigenvalue weighted by Crippen LogP contribution is 2.21. The van der Waals surface area contributed by atoms with Gasteiger partial charge in [0.2, 0.25) is 0 Å². The molecule has 1 atom stereocenters. The summed E-state index contributed by atoms with van der Waals surface area (Å²) in [5, 5.41) is 12.3. The van der Waals surface area contributed by atoms with E-state index in [0.29, 0.717) is 5.56 Å². The minimum atomic E-state index is -0.235. The molecule has 2 N–H and O–H groups in total. The van der Waals surface area contributed by atoms with Crippen LogP contribution in [0.4, 0.5) is 0 Å². The number of amides is 1. The Hall–Kier alpha value is -2.14. The molecule has 0 saturated carbocycles. The summed E-state index contributed by atoms with van der Waals surface area (Å²) in [5.41, 5.74) is 1.57. The molecule has 2 rings (SSSR count). The Morgan fingerprint density at radius 3 is 2.50 bits per heavy atom. The van der Waals surface area contributed by atoms with E-state index in [9.17, 15) is 9.90 Å².